The lowest BCUT2D eigenvalue weighted by atomic mass is 10.0. The molecule has 4 unspecified atom stereocenters. The summed E-state index contributed by atoms with van der Waals surface area (Å²) in [5, 5.41) is 10.3. The Balaban J connectivity index is 0.00000149. The van der Waals surface area contributed by atoms with Crippen molar-refractivity contribution in [3.63, 3.8) is 0 Å². The second-order valence-electron chi connectivity index (χ2n) is 7.51. The summed E-state index contributed by atoms with van der Waals surface area (Å²) >= 11 is 2.25. The van der Waals surface area contributed by atoms with Gasteiger partial charge in [-0.1, -0.05) is 36.1 Å². The molecule has 0 saturated carbocycles. The third-order valence-electron chi connectivity index (χ3n) is 5.32. The molecule has 176 valence electrons. The molecule has 6 nitrogen and oxygen atoms in total. The second kappa shape index (κ2) is 13.8. The van der Waals surface area contributed by atoms with Gasteiger partial charge in [-0.2, -0.15) is 0 Å². The van der Waals surface area contributed by atoms with Crippen LogP contribution in [0.1, 0.15) is 18.9 Å². The lowest BCUT2D eigenvalue weighted by Gasteiger charge is -2.28. The molecule has 0 bridgehead atoms. The molecular weight excluding hydrogens is 550 g/mol. The molecule has 4 atom stereocenters. The number of ether oxygens (including phenoxy) is 2. The van der Waals surface area contributed by atoms with E-state index in [1.165, 1.54) is 5.56 Å². The Morgan fingerprint density at radius 1 is 1.18 bits per heavy atom. The largest absolute Gasteiger partial charge is 0.488 e. The van der Waals surface area contributed by atoms with Crippen molar-refractivity contribution < 1.29 is 19.1 Å². The maximum absolute atomic E-state index is 7.00. The van der Waals surface area contributed by atoms with Crippen LogP contribution in [-0.2, 0) is 9.26 Å². The zero-order valence-electron chi connectivity index (χ0n) is 18.8. The highest BCUT2D eigenvalue weighted by molar-refractivity contribution is 14.2. The van der Waals surface area contributed by atoms with E-state index in [4.69, 9.17) is 19.1 Å². The smallest absolute Gasteiger partial charge is 0.126 e. The summed E-state index contributed by atoms with van der Waals surface area (Å²) in [6.45, 7) is 4.65. The molecule has 2 aromatic rings. The van der Waals surface area contributed by atoms with Gasteiger partial charge >= 0.3 is 0 Å². The highest BCUT2D eigenvalue weighted by Crippen LogP contribution is 2.27. The number of halogens is 1. The van der Waals surface area contributed by atoms with Gasteiger partial charge in [0.1, 0.15) is 18.0 Å². The first-order chi connectivity index (χ1) is 16.2. The highest BCUT2D eigenvalue weighted by Gasteiger charge is 2.24. The van der Waals surface area contributed by atoms with E-state index in [1.807, 2.05) is 24.5 Å². The number of rotatable bonds is 7. The Labute approximate surface area is 211 Å². The minimum absolute atomic E-state index is 0.106. The van der Waals surface area contributed by atoms with E-state index in [0.717, 1.165) is 37.0 Å². The maximum Gasteiger partial charge on any atom is 0.126 e. The summed E-state index contributed by atoms with van der Waals surface area (Å²) in [7, 11) is 1.00. The number of nitrogens with one attached hydrogen (secondary N) is 1. The number of nitrogens with zero attached hydrogens (tertiary/aromatic N) is 1. The van der Waals surface area contributed by atoms with Gasteiger partial charge in [0.15, 0.2) is 0 Å². The summed E-state index contributed by atoms with van der Waals surface area (Å²) < 4.78 is 17.0. The van der Waals surface area contributed by atoms with Crippen LogP contribution in [0.15, 0.2) is 60.9 Å². The summed E-state index contributed by atoms with van der Waals surface area (Å²) in [5.41, 5.74) is 3.34. The fourth-order valence-corrected chi connectivity index (χ4v) is 5.09. The molecule has 2 N–H and O–H groups in total. The summed E-state index contributed by atoms with van der Waals surface area (Å²) in [6.07, 6.45) is 5.36. The fourth-order valence-electron chi connectivity index (χ4n) is 3.62. The van der Waals surface area contributed by atoms with Crippen LogP contribution in [0, 0.1) is 11.8 Å². The van der Waals surface area contributed by atoms with Crippen molar-refractivity contribution in [1.29, 1.82) is 0 Å². The molecule has 1 fully saturated rings. The first-order valence-electron chi connectivity index (χ1n) is 10.8. The average Bonchev–Trinajstić information content (AvgIpc) is 3.54. The van der Waals surface area contributed by atoms with E-state index >= 15 is 0 Å². The van der Waals surface area contributed by atoms with Crippen molar-refractivity contribution in [2.24, 2.45) is 0 Å². The Kier molecular flexibility index (Phi) is 10.8. The van der Waals surface area contributed by atoms with E-state index in [0.29, 0.717) is 19.6 Å². The van der Waals surface area contributed by atoms with Gasteiger partial charge in [-0.15, -0.1) is 0 Å². The molecule has 8 heteroatoms. The molecular formula is C25H30IN2O4P. The van der Waals surface area contributed by atoms with Gasteiger partial charge < -0.3 is 29.3 Å². The molecule has 0 aliphatic carbocycles. The lowest BCUT2D eigenvalue weighted by molar-refractivity contribution is 0.132. The van der Waals surface area contributed by atoms with E-state index in [1.54, 1.807) is 0 Å². The van der Waals surface area contributed by atoms with Crippen molar-refractivity contribution in [1.82, 2.24) is 10.2 Å². The average molecular weight is 580 g/mol. The van der Waals surface area contributed by atoms with Crippen LogP contribution in [0.4, 0.5) is 0 Å². The van der Waals surface area contributed by atoms with Crippen LogP contribution in [0.25, 0.3) is 11.1 Å². The molecule has 2 heterocycles. The van der Waals surface area contributed by atoms with Gasteiger partial charge in [-0.25, -0.2) is 0 Å². The Morgan fingerprint density at radius 2 is 1.88 bits per heavy atom. The SMILES string of the molecule is CC(OPI)C1NC=CN1CC#Cc1ccc(-c2ccc(OC3CCOC3)cc2)cc1.CO. The van der Waals surface area contributed by atoms with Crippen LogP contribution in [0.3, 0.4) is 0 Å². The number of aliphatic hydroxyl groups excluding tert-OH is 1. The number of aliphatic hydroxyl groups is 1. The van der Waals surface area contributed by atoms with Gasteiger partial charge in [0.25, 0.3) is 0 Å². The van der Waals surface area contributed by atoms with E-state index in [-0.39, 0.29) is 18.4 Å². The lowest BCUT2D eigenvalue weighted by Crippen LogP contribution is -2.44. The van der Waals surface area contributed by atoms with Crippen molar-refractivity contribution in [3.05, 3.63) is 66.5 Å². The van der Waals surface area contributed by atoms with Crippen LogP contribution in [0.2, 0.25) is 0 Å². The number of benzene rings is 2. The van der Waals surface area contributed by atoms with E-state index in [9.17, 15) is 0 Å². The monoisotopic (exact) mass is 580 g/mol. The predicted molar refractivity (Wildman–Crippen MR) is 142 cm³/mol. The zero-order chi connectivity index (χ0) is 23.5. The standard InChI is InChI=1S/C24H26IN2O3P.CH4O/c1-18(30-31-25)24-26-13-15-27(24)14-2-3-19-4-6-20(7-5-19)21-8-10-22(11-9-21)29-23-12-16-28-17-23;1-2/h4-11,13,15,18,23-24,26,31H,12,14,16-17H2,1H3;2H,1H3. The first-order valence-corrected chi connectivity index (χ1v) is 14.8. The van der Waals surface area contributed by atoms with Crippen LogP contribution < -0.4 is 10.1 Å². The number of hydrogen-bond acceptors (Lipinski definition) is 6. The van der Waals surface area contributed by atoms with Crippen LogP contribution >= 0.6 is 28.5 Å². The molecule has 0 amide bonds. The van der Waals surface area contributed by atoms with Crippen LogP contribution in [0.5, 0.6) is 5.75 Å². The Hall–Kier alpha value is -1.82. The third-order valence-corrected chi connectivity index (χ3v) is 6.55. The fraction of sp³-hybridized carbons (Fsp3) is 0.360. The summed E-state index contributed by atoms with van der Waals surface area (Å²) in [5.74, 6) is 7.43. The molecule has 2 aromatic carbocycles. The van der Waals surface area contributed by atoms with Gasteiger partial charge in [-0.05, 0) is 64.4 Å². The summed E-state index contributed by atoms with van der Waals surface area (Å²) in [6, 6.07) is 16.6. The minimum atomic E-state index is 0.106. The molecule has 0 radical (unpaired) electrons. The van der Waals surface area contributed by atoms with Gasteiger partial charge in [-0.3, -0.25) is 0 Å². The highest BCUT2D eigenvalue weighted by atomic mass is 127. The minimum Gasteiger partial charge on any atom is -0.488 e. The Morgan fingerprint density at radius 3 is 2.52 bits per heavy atom. The third kappa shape index (κ3) is 7.59. The molecule has 0 aromatic heterocycles. The van der Waals surface area contributed by atoms with Crippen molar-refractivity contribution in [2.45, 2.75) is 31.7 Å². The molecule has 2 aliphatic heterocycles. The van der Waals surface area contributed by atoms with Gasteiger partial charge in [0, 0.05) is 31.5 Å². The molecule has 4 rings (SSSR count). The predicted octanol–water partition coefficient (Wildman–Crippen LogP) is 4.53. The molecule has 0 spiro atoms. The topological polar surface area (TPSA) is 63.2 Å². The van der Waals surface area contributed by atoms with Gasteiger partial charge in [0.2, 0.25) is 0 Å². The summed E-state index contributed by atoms with van der Waals surface area (Å²) in [4.78, 5) is 2.17. The van der Waals surface area contributed by atoms with Crippen molar-refractivity contribution in [3.8, 4) is 28.7 Å². The first kappa shape index (κ1) is 25.8. The second-order valence-corrected chi connectivity index (χ2v) is 9.22. The zero-order valence-corrected chi connectivity index (χ0v) is 22.0. The van der Waals surface area contributed by atoms with Gasteiger partial charge in [0.05, 0.1) is 32.3 Å². The van der Waals surface area contributed by atoms with E-state index in [2.05, 4.69) is 87.4 Å². The van der Waals surface area contributed by atoms with Crippen molar-refractivity contribution >= 4 is 28.5 Å². The number of hydrogen-bond donors (Lipinski definition) is 2. The normalized spacial score (nSPS) is 20.1. The molecule has 2 aliphatic rings. The van der Waals surface area contributed by atoms with Crippen LogP contribution in [-0.4, -0.2) is 55.2 Å². The molecule has 33 heavy (non-hydrogen) atoms. The molecule has 1 saturated heterocycles. The maximum atomic E-state index is 7.00. The quantitative estimate of drug-likeness (QED) is 0.285. The van der Waals surface area contributed by atoms with E-state index < -0.39 is 0 Å². The van der Waals surface area contributed by atoms with Crippen molar-refractivity contribution in [2.75, 3.05) is 26.9 Å². The Bertz CT molecular complexity index is 938.